The number of esters is 1. The topological polar surface area (TPSA) is 85.2 Å². The number of hydrogen-bond donors (Lipinski definition) is 2. The number of cyclic esters (lactones) is 1. The van der Waals surface area contributed by atoms with Crippen LogP contribution in [0.2, 0.25) is 0 Å². The Kier molecular flexibility index (Phi) is 3.90. The van der Waals surface area contributed by atoms with Gasteiger partial charge >= 0.3 is 5.97 Å². The highest BCUT2D eigenvalue weighted by Crippen LogP contribution is 2.50. The number of methoxy groups -OCH3 is 2. The van der Waals surface area contributed by atoms with Crippen molar-refractivity contribution >= 4 is 5.97 Å². The van der Waals surface area contributed by atoms with Gasteiger partial charge in [-0.05, 0) is 47.4 Å². The summed E-state index contributed by atoms with van der Waals surface area (Å²) in [5.74, 6) is 0.263. The van der Waals surface area contributed by atoms with Gasteiger partial charge in [0.1, 0.15) is 0 Å². The molecule has 0 amide bonds. The van der Waals surface area contributed by atoms with Crippen molar-refractivity contribution in [1.82, 2.24) is 0 Å². The van der Waals surface area contributed by atoms with Gasteiger partial charge < -0.3 is 24.4 Å². The summed E-state index contributed by atoms with van der Waals surface area (Å²) in [7, 11) is 2.99. The number of hydrogen-bond acceptors (Lipinski definition) is 6. The van der Waals surface area contributed by atoms with Crippen LogP contribution in [0.15, 0.2) is 30.3 Å². The Balaban J connectivity index is 1.89. The van der Waals surface area contributed by atoms with Crippen LogP contribution < -0.4 is 9.47 Å². The fourth-order valence-corrected chi connectivity index (χ4v) is 4.18. The average Bonchev–Trinajstić information content (AvgIpc) is 3.00. The summed E-state index contributed by atoms with van der Waals surface area (Å²) in [6.45, 7) is 0.337. The van der Waals surface area contributed by atoms with Gasteiger partial charge in [0.2, 0.25) is 0 Å². The average molecular weight is 356 g/mol. The van der Waals surface area contributed by atoms with Crippen LogP contribution in [0, 0.1) is 11.8 Å². The Morgan fingerprint density at radius 1 is 1.04 bits per heavy atom. The highest BCUT2D eigenvalue weighted by atomic mass is 16.5. The normalized spacial score (nSPS) is 23.8. The first-order valence-corrected chi connectivity index (χ1v) is 8.46. The lowest BCUT2D eigenvalue weighted by molar-refractivity contribution is -0.141. The minimum absolute atomic E-state index is 0.0305. The van der Waals surface area contributed by atoms with E-state index in [0.29, 0.717) is 24.5 Å². The number of carbonyl (C=O) groups excluding carboxylic acids is 1. The van der Waals surface area contributed by atoms with E-state index in [1.165, 1.54) is 14.2 Å². The third-order valence-corrected chi connectivity index (χ3v) is 5.44. The first-order valence-electron chi connectivity index (χ1n) is 8.46. The predicted octanol–water partition coefficient (Wildman–Crippen LogP) is 2.59. The van der Waals surface area contributed by atoms with E-state index in [-0.39, 0.29) is 35.2 Å². The second-order valence-electron chi connectivity index (χ2n) is 6.74. The molecule has 1 fully saturated rings. The van der Waals surface area contributed by atoms with Gasteiger partial charge in [0.15, 0.2) is 23.0 Å². The SMILES string of the molecule is COc1cc([C@@H]2c3cc(O)c(OC)cc3C[C@@H]3C(=O)OC[C@H]23)ccc1O. The standard InChI is InChI=1S/C20H20O6/c1-24-17-6-10(3-4-15(17)21)19-12-8-16(22)18(25-2)7-11(12)5-13-14(19)9-26-20(13)23/h3-4,6-8,13-14,19,21-22H,5,9H2,1-2H3/t13-,14-,19+/m0/s1. The Labute approximate surface area is 150 Å². The summed E-state index contributed by atoms with van der Waals surface area (Å²) < 4.78 is 15.8. The fraction of sp³-hybridized carbons (Fsp3) is 0.350. The quantitative estimate of drug-likeness (QED) is 0.823. The van der Waals surface area contributed by atoms with Crippen LogP contribution in [0.5, 0.6) is 23.0 Å². The van der Waals surface area contributed by atoms with Gasteiger partial charge in [-0.25, -0.2) is 0 Å². The molecule has 0 unspecified atom stereocenters. The fourth-order valence-electron chi connectivity index (χ4n) is 4.18. The minimum Gasteiger partial charge on any atom is -0.504 e. The second kappa shape index (κ2) is 6.12. The molecule has 2 N–H and O–H groups in total. The summed E-state index contributed by atoms with van der Waals surface area (Å²) in [5, 5.41) is 20.2. The van der Waals surface area contributed by atoms with Gasteiger partial charge in [-0.15, -0.1) is 0 Å². The number of ether oxygens (including phenoxy) is 3. The van der Waals surface area contributed by atoms with Crippen molar-refractivity contribution < 1.29 is 29.2 Å². The number of aromatic hydroxyl groups is 2. The molecule has 2 aliphatic rings. The maximum atomic E-state index is 12.2. The van der Waals surface area contributed by atoms with Crippen LogP contribution in [-0.4, -0.2) is 37.0 Å². The van der Waals surface area contributed by atoms with Crippen LogP contribution in [0.4, 0.5) is 0 Å². The Hall–Kier alpha value is -2.89. The number of benzene rings is 2. The molecule has 0 spiro atoms. The zero-order chi connectivity index (χ0) is 18.4. The van der Waals surface area contributed by atoms with Gasteiger partial charge in [0.05, 0.1) is 26.7 Å². The third-order valence-electron chi connectivity index (χ3n) is 5.44. The van der Waals surface area contributed by atoms with Gasteiger partial charge in [-0.3, -0.25) is 4.79 Å². The molecule has 0 radical (unpaired) electrons. The van der Waals surface area contributed by atoms with E-state index < -0.39 is 0 Å². The van der Waals surface area contributed by atoms with Gasteiger partial charge in [0.25, 0.3) is 0 Å². The molecule has 6 nitrogen and oxygen atoms in total. The molecule has 1 aliphatic carbocycles. The van der Waals surface area contributed by atoms with Crippen molar-refractivity contribution in [3.8, 4) is 23.0 Å². The van der Waals surface area contributed by atoms with Crippen LogP contribution in [0.25, 0.3) is 0 Å². The molecule has 1 heterocycles. The van der Waals surface area contributed by atoms with Crippen molar-refractivity contribution in [3.05, 3.63) is 47.0 Å². The largest absolute Gasteiger partial charge is 0.504 e. The minimum atomic E-state index is -0.235. The van der Waals surface area contributed by atoms with E-state index in [2.05, 4.69) is 0 Å². The Bertz CT molecular complexity index is 875. The Morgan fingerprint density at radius 3 is 2.50 bits per heavy atom. The van der Waals surface area contributed by atoms with E-state index in [1.54, 1.807) is 24.3 Å². The molecule has 6 heteroatoms. The van der Waals surface area contributed by atoms with Crippen LogP contribution in [0.3, 0.4) is 0 Å². The molecule has 0 saturated carbocycles. The molecule has 0 bridgehead atoms. The van der Waals surface area contributed by atoms with Gasteiger partial charge in [-0.1, -0.05) is 6.07 Å². The molecular formula is C20H20O6. The summed E-state index contributed by atoms with van der Waals surface area (Å²) in [6.07, 6.45) is 0.557. The molecule has 4 rings (SSSR count). The summed E-state index contributed by atoms with van der Waals surface area (Å²) in [5.41, 5.74) is 2.80. The first-order chi connectivity index (χ1) is 12.5. The number of carbonyl (C=O) groups is 1. The van der Waals surface area contributed by atoms with Crippen LogP contribution in [-0.2, 0) is 16.0 Å². The molecule has 1 saturated heterocycles. The molecule has 0 aromatic heterocycles. The number of rotatable bonds is 3. The van der Waals surface area contributed by atoms with Crippen LogP contribution in [0.1, 0.15) is 22.6 Å². The lowest BCUT2D eigenvalue weighted by atomic mass is 9.67. The zero-order valence-electron chi connectivity index (χ0n) is 14.6. The van der Waals surface area contributed by atoms with E-state index in [0.717, 1.165) is 16.7 Å². The maximum Gasteiger partial charge on any atom is 0.309 e. The van der Waals surface area contributed by atoms with Crippen molar-refractivity contribution in [2.45, 2.75) is 12.3 Å². The number of phenols is 2. The highest BCUT2D eigenvalue weighted by molar-refractivity contribution is 5.77. The molecule has 1 aliphatic heterocycles. The van der Waals surface area contributed by atoms with Crippen LogP contribution >= 0.6 is 0 Å². The molecule has 3 atom stereocenters. The van der Waals surface area contributed by atoms with E-state index in [9.17, 15) is 15.0 Å². The van der Waals surface area contributed by atoms with E-state index in [4.69, 9.17) is 14.2 Å². The monoisotopic (exact) mass is 356 g/mol. The van der Waals surface area contributed by atoms with Crippen molar-refractivity contribution in [1.29, 1.82) is 0 Å². The molecule has 2 aromatic rings. The molecular weight excluding hydrogens is 336 g/mol. The van der Waals surface area contributed by atoms with Crippen molar-refractivity contribution in [2.75, 3.05) is 20.8 Å². The Morgan fingerprint density at radius 2 is 1.77 bits per heavy atom. The zero-order valence-corrected chi connectivity index (χ0v) is 14.6. The maximum absolute atomic E-state index is 12.2. The lowest BCUT2D eigenvalue weighted by Crippen LogP contribution is -2.31. The van der Waals surface area contributed by atoms with E-state index >= 15 is 0 Å². The molecule has 2 aromatic carbocycles. The van der Waals surface area contributed by atoms with Crippen molar-refractivity contribution in [2.24, 2.45) is 11.8 Å². The van der Waals surface area contributed by atoms with Crippen molar-refractivity contribution in [3.63, 3.8) is 0 Å². The van der Waals surface area contributed by atoms with Gasteiger partial charge in [0, 0.05) is 11.8 Å². The summed E-state index contributed by atoms with van der Waals surface area (Å²) >= 11 is 0. The summed E-state index contributed by atoms with van der Waals surface area (Å²) in [4.78, 5) is 12.2. The predicted molar refractivity (Wildman–Crippen MR) is 92.8 cm³/mol. The molecule has 26 heavy (non-hydrogen) atoms. The molecule has 136 valence electrons. The highest BCUT2D eigenvalue weighted by Gasteiger charge is 2.47. The number of fused-ring (bicyclic) bond motifs is 2. The lowest BCUT2D eigenvalue weighted by Gasteiger charge is -2.34. The first kappa shape index (κ1) is 16.6. The third kappa shape index (κ3) is 2.44. The van der Waals surface area contributed by atoms with Gasteiger partial charge in [-0.2, -0.15) is 0 Å². The summed E-state index contributed by atoms with van der Waals surface area (Å²) in [6, 6.07) is 8.67. The second-order valence-corrected chi connectivity index (χ2v) is 6.74. The number of phenolic OH excluding ortho intramolecular Hbond substituents is 2. The smallest absolute Gasteiger partial charge is 0.309 e. The van der Waals surface area contributed by atoms with E-state index in [1.807, 2.05) is 6.07 Å².